The van der Waals surface area contributed by atoms with Crippen LogP contribution in [0.25, 0.3) is 28.7 Å². The van der Waals surface area contributed by atoms with Crippen LogP contribution in [0.4, 0.5) is 0 Å². The molecular weight excluding hydrogens is 732 g/mol. The average molecular weight is 771 g/mol. The first-order chi connectivity index (χ1) is 26.1. The summed E-state index contributed by atoms with van der Waals surface area (Å²) >= 11 is 0. The Balaban J connectivity index is 1.18. The monoisotopic (exact) mass is 770 g/mol. The Labute approximate surface area is 311 Å². The highest BCUT2D eigenvalue weighted by Crippen LogP contribution is 2.46. The number of carbonyl (C=O) groups is 1. The van der Waals surface area contributed by atoms with Crippen LogP contribution in [0.1, 0.15) is 12.5 Å². The van der Waals surface area contributed by atoms with E-state index < -0.39 is 96.7 Å². The van der Waals surface area contributed by atoms with Crippen LogP contribution in [-0.2, 0) is 23.7 Å². The van der Waals surface area contributed by atoms with Gasteiger partial charge in [0.15, 0.2) is 40.8 Å². The van der Waals surface area contributed by atoms with Crippen molar-refractivity contribution in [3.8, 4) is 57.1 Å². The number of rotatable bonds is 10. The first-order valence-corrected chi connectivity index (χ1v) is 16.7. The van der Waals surface area contributed by atoms with Crippen LogP contribution in [0, 0.1) is 0 Å². The van der Waals surface area contributed by atoms with Gasteiger partial charge in [0, 0.05) is 23.8 Å². The standard InChI is InChI=1S/C37H38O18/c1-15-34(55-27(42)8-5-16-3-6-18(38)7-4-16)31(46)33(48)36(51-15)50-14-26-29(44)30(45)32(47)37(54-26)53-25-13-20-21(40)11-19(39)12-23(20)52-35(25)17-9-22(41)28(43)24(10-17)49-2/h3-13,15,26,29-34,36-38,40-41,43-48H,14H2,1-2H3. The van der Waals surface area contributed by atoms with Crippen LogP contribution in [0.2, 0.25) is 0 Å². The van der Waals surface area contributed by atoms with E-state index >= 15 is 0 Å². The number of hydrogen-bond donors (Lipinski definition) is 9. The number of benzene rings is 3. The smallest absolute Gasteiger partial charge is 0.331 e. The lowest BCUT2D eigenvalue weighted by molar-refractivity contribution is -0.319. The summed E-state index contributed by atoms with van der Waals surface area (Å²) in [7, 11) is 1.22. The highest BCUT2D eigenvalue weighted by molar-refractivity contribution is 5.87. The zero-order valence-corrected chi connectivity index (χ0v) is 29.0. The van der Waals surface area contributed by atoms with Gasteiger partial charge in [0.25, 0.3) is 0 Å². The van der Waals surface area contributed by atoms with Crippen LogP contribution in [-0.4, -0.2) is 127 Å². The van der Waals surface area contributed by atoms with Crippen molar-refractivity contribution in [1.29, 1.82) is 0 Å². The van der Waals surface area contributed by atoms with E-state index in [1.54, 1.807) is 12.1 Å². The van der Waals surface area contributed by atoms with Crippen molar-refractivity contribution in [1.82, 2.24) is 0 Å². The number of esters is 1. The van der Waals surface area contributed by atoms with Gasteiger partial charge >= 0.3 is 5.97 Å². The largest absolute Gasteiger partial charge is 0.508 e. The lowest BCUT2D eigenvalue weighted by Gasteiger charge is -2.43. The molecule has 6 rings (SSSR count). The predicted octanol–water partition coefficient (Wildman–Crippen LogP) is 0.537. The van der Waals surface area contributed by atoms with E-state index in [1.807, 2.05) is 0 Å². The number of aromatic hydroxyl groups is 4. The van der Waals surface area contributed by atoms with Crippen molar-refractivity contribution in [3.63, 3.8) is 0 Å². The van der Waals surface area contributed by atoms with E-state index in [0.29, 0.717) is 5.56 Å². The van der Waals surface area contributed by atoms with Crippen molar-refractivity contribution >= 4 is 12.0 Å². The summed E-state index contributed by atoms with van der Waals surface area (Å²) in [6.45, 7) is 0.838. The number of carbonyl (C=O) groups excluding carboxylic acids is 1. The minimum Gasteiger partial charge on any atom is -0.508 e. The molecule has 0 spiro atoms. The van der Waals surface area contributed by atoms with Gasteiger partial charge in [0.05, 0.1) is 25.4 Å². The van der Waals surface area contributed by atoms with Gasteiger partial charge in [0.1, 0.15) is 53.9 Å². The van der Waals surface area contributed by atoms with E-state index in [-0.39, 0.29) is 39.9 Å². The normalized spacial score (nSPS) is 28.3. The van der Waals surface area contributed by atoms with Crippen LogP contribution in [0.3, 0.4) is 0 Å². The zero-order valence-electron chi connectivity index (χ0n) is 29.0. The lowest BCUT2D eigenvalue weighted by Crippen LogP contribution is -2.62. The van der Waals surface area contributed by atoms with Gasteiger partial charge in [-0.05, 0) is 48.9 Å². The van der Waals surface area contributed by atoms with Crippen molar-refractivity contribution in [3.05, 3.63) is 76.5 Å². The summed E-state index contributed by atoms with van der Waals surface area (Å²) in [6, 6.07) is 11.5. The van der Waals surface area contributed by atoms with E-state index in [0.717, 1.165) is 24.3 Å². The van der Waals surface area contributed by atoms with Crippen LogP contribution in [0.5, 0.6) is 34.5 Å². The molecule has 55 heavy (non-hydrogen) atoms. The Bertz CT molecular complexity index is 2040. The highest BCUT2D eigenvalue weighted by atomic mass is 16.7. The quantitative estimate of drug-likeness (QED) is 0.0604. The molecule has 9 N–H and O–H groups in total. The summed E-state index contributed by atoms with van der Waals surface area (Å²) in [4.78, 5) is 24.6. The predicted molar refractivity (Wildman–Crippen MR) is 185 cm³/mol. The summed E-state index contributed by atoms with van der Waals surface area (Å²) in [5.74, 6) is -3.32. The van der Waals surface area contributed by atoms with Gasteiger partial charge in [0.2, 0.25) is 12.0 Å². The average Bonchev–Trinajstić information content (AvgIpc) is 3.15. The fraction of sp³-hybridized carbons (Fsp3) is 0.351. The van der Waals surface area contributed by atoms with Gasteiger partial charge in [-0.2, -0.15) is 0 Å². The third-order valence-electron chi connectivity index (χ3n) is 9.01. The molecular formula is C37H38O18. The van der Waals surface area contributed by atoms with Gasteiger partial charge in [-0.3, -0.25) is 4.79 Å². The molecule has 18 nitrogen and oxygen atoms in total. The van der Waals surface area contributed by atoms with E-state index in [1.165, 1.54) is 44.4 Å². The van der Waals surface area contributed by atoms with Crippen molar-refractivity contribution in [2.45, 2.75) is 68.3 Å². The maximum atomic E-state index is 12.5. The van der Waals surface area contributed by atoms with E-state index in [9.17, 15) is 55.5 Å². The van der Waals surface area contributed by atoms with Crippen LogP contribution < -0.4 is 14.9 Å². The molecule has 2 fully saturated rings. The first kappa shape index (κ1) is 39.3. The fourth-order valence-corrected chi connectivity index (χ4v) is 6.04. The number of hydrogen-bond acceptors (Lipinski definition) is 18. The summed E-state index contributed by atoms with van der Waals surface area (Å²) < 4.78 is 39.4. The molecule has 3 heterocycles. The van der Waals surface area contributed by atoms with E-state index in [2.05, 4.69) is 0 Å². The number of aliphatic hydroxyl groups excluding tert-OH is 5. The molecule has 0 amide bonds. The molecule has 2 saturated heterocycles. The Morgan fingerprint density at radius 3 is 2.22 bits per heavy atom. The third kappa shape index (κ3) is 8.31. The Hall–Kier alpha value is -5.44. The van der Waals surface area contributed by atoms with Gasteiger partial charge < -0.3 is 78.8 Å². The highest BCUT2D eigenvalue weighted by Gasteiger charge is 2.48. The second-order valence-electron chi connectivity index (χ2n) is 12.8. The topological polar surface area (TPSA) is 285 Å². The van der Waals surface area contributed by atoms with Crippen LogP contribution in [0.15, 0.2) is 69.9 Å². The SMILES string of the molecule is COc1cc(-c2oc3cc(=O)cc(O)c-3cc2OC2OC(COC3OC(C)C(OC(=O)C=Cc4ccc(O)cc4)C(O)C3O)C(O)C(O)C2O)cc(O)c1O. The molecule has 0 saturated carbocycles. The molecule has 0 bridgehead atoms. The molecule has 18 heteroatoms. The number of methoxy groups -OCH3 is 1. The lowest BCUT2D eigenvalue weighted by atomic mass is 9.98. The Morgan fingerprint density at radius 1 is 0.800 bits per heavy atom. The molecule has 4 aliphatic rings. The minimum absolute atomic E-state index is 0.0208. The summed E-state index contributed by atoms with van der Waals surface area (Å²) in [5, 5.41) is 94.5. The number of ether oxygens (including phenoxy) is 6. The molecule has 10 atom stereocenters. The van der Waals surface area contributed by atoms with Crippen molar-refractivity contribution in [2.75, 3.05) is 13.7 Å². The fourth-order valence-electron chi connectivity index (χ4n) is 6.04. The van der Waals surface area contributed by atoms with E-state index in [4.69, 9.17) is 32.8 Å². The molecule has 294 valence electrons. The van der Waals surface area contributed by atoms with Crippen molar-refractivity contribution in [2.24, 2.45) is 0 Å². The molecule has 1 aliphatic carbocycles. The number of fused-ring (bicyclic) bond motifs is 1. The molecule has 0 radical (unpaired) electrons. The zero-order chi connectivity index (χ0) is 39.7. The molecule has 3 aliphatic heterocycles. The Kier molecular flexibility index (Phi) is 11.5. The summed E-state index contributed by atoms with van der Waals surface area (Å²) in [6.07, 6.45) is -13.7. The molecule has 10 unspecified atom stereocenters. The van der Waals surface area contributed by atoms with Crippen molar-refractivity contribution < 1.29 is 83.6 Å². The second-order valence-corrected chi connectivity index (χ2v) is 12.8. The second kappa shape index (κ2) is 16.1. The third-order valence-corrected chi connectivity index (χ3v) is 9.01. The maximum absolute atomic E-state index is 12.5. The maximum Gasteiger partial charge on any atom is 0.331 e. The van der Waals surface area contributed by atoms with Gasteiger partial charge in [-0.1, -0.05) is 12.1 Å². The number of phenols is 4. The minimum atomic E-state index is -1.91. The first-order valence-electron chi connectivity index (χ1n) is 16.7. The molecule has 2 aromatic rings. The molecule has 2 aromatic carbocycles. The number of aliphatic hydroxyl groups is 5. The Morgan fingerprint density at radius 2 is 1.51 bits per heavy atom. The van der Waals surface area contributed by atoms with Crippen LogP contribution >= 0.6 is 0 Å². The molecule has 0 aromatic heterocycles. The number of phenolic OH excluding ortho intramolecular Hbond substituents is 4. The van der Waals surface area contributed by atoms with Gasteiger partial charge in [-0.15, -0.1) is 0 Å². The summed E-state index contributed by atoms with van der Waals surface area (Å²) in [5.41, 5.74) is -0.0138. The van der Waals surface area contributed by atoms with Gasteiger partial charge in [-0.25, -0.2) is 4.79 Å².